The Balaban J connectivity index is 4.32. The van der Waals surface area contributed by atoms with Crippen LogP contribution < -0.4 is 0 Å². The first-order valence-electron chi connectivity index (χ1n) is 33.7. The molecule has 0 aliphatic heterocycles. The fourth-order valence-electron chi connectivity index (χ4n) is 9.44. The van der Waals surface area contributed by atoms with Gasteiger partial charge < -0.3 is 14.2 Å². The molecule has 0 rings (SSSR count). The second kappa shape index (κ2) is 66.8. The summed E-state index contributed by atoms with van der Waals surface area (Å²) < 4.78 is 16.9. The van der Waals surface area contributed by atoms with Gasteiger partial charge >= 0.3 is 17.9 Å². The summed E-state index contributed by atoms with van der Waals surface area (Å²) >= 11 is 0. The Morgan fingerprint density at radius 2 is 0.481 bits per heavy atom. The van der Waals surface area contributed by atoms with Crippen molar-refractivity contribution in [3.63, 3.8) is 0 Å². The average Bonchev–Trinajstić information content (AvgIpc) is 3.45. The highest BCUT2D eigenvalue weighted by Crippen LogP contribution is 2.16. The molecule has 1 atom stereocenters. The Morgan fingerprint density at radius 1 is 0.253 bits per heavy atom. The summed E-state index contributed by atoms with van der Waals surface area (Å²) in [6.45, 7) is 6.56. The Hall–Kier alpha value is -3.67. The lowest BCUT2D eigenvalue weighted by Crippen LogP contribution is -2.30. The minimum atomic E-state index is -0.793. The number of allylic oxidation sites excluding steroid dienone is 16. The van der Waals surface area contributed by atoms with Gasteiger partial charge in [-0.15, -0.1) is 0 Å². The third-order valence-electron chi connectivity index (χ3n) is 14.5. The zero-order valence-corrected chi connectivity index (χ0v) is 52.1. The van der Waals surface area contributed by atoms with Crippen molar-refractivity contribution in [2.24, 2.45) is 0 Å². The second-order valence-electron chi connectivity index (χ2n) is 22.4. The average molecular weight is 1100 g/mol. The molecule has 0 radical (unpaired) electrons. The highest BCUT2D eigenvalue weighted by Gasteiger charge is 2.19. The number of ether oxygens (including phenoxy) is 3. The van der Waals surface area contributed by atoms with Gasteiger partial charge in [0, 0.05) is 19.3 Å². The summed E-state index contributed by atoms with van der Waals surface area (Å²) in [5, 5.41) is 0. The molecule has 0 aliphatic carbocycles. The Morgan fingerprint density at radius 3 is 0.759 bits per heavy atom. The normalized spacial score (nSPS) is 12.7. The summed E-state index contributed by atoms with van der Waals surface area (Å²) in [5.41, 5.74) is 0. The van der Waals surface area contributed by atoms with Crippen LogP contribution in [-0.2, 0) is 28.6 Å². The van der Waals surface area contributed by atoms with Crippen LogP contribution in [0.3, 0.4) is 0 Å². The van der Waals surface area contributed by atoms with E-state index in [4.69, 9.17) is 14.2 Å². The van der Waals surface area contributed by atoms with E-state index in [1.165, 1.54) is 161 Å². The van der Waals surface area contributed by atoms with E-state index in [0.29, 0.717) is 19.3 Å². The molecule has 0 aromatic carbocycles. The van der Waals surface area contributed by atoms with Crippen LogP contribution in [0.5, 0.6) is 0 Å². The van der Waals surface area contributed by atoms with Crippen LogP contribution in [0.4, 0.5) is 0 Å². The van der Waals surface area contributed by atoms with E-state index in [1.807, 2.05) is 0 Å². The number of rotatable bonds is 61. The molecule has 454 valence electrons. The van der Waals surface area contributed by atoms with Gasteiger partial charge in [0.2, 0.25) is 0 Å². The number of carbonyl (C=O) groups excluding carboxylic acids is 3. The Bertz CT molecular complexity index is 1540. The van der Waals surface area contributed by atoms with Gasteiger partial charge in [-0.25, -0.2) is 0 Å². The summed E-state index contributed by atoms with van der Waals surface area (Å²) in [6, 6.07) is 0. The lowest BCUT2D eigenvalue weighted by atomic mass is 10.0. The fraction of sp³-hybridized carbons (Fsp3) is 0.740. The molecule has 0 aliphatic rings. The molecule has 0 saturated heterocycles. The molecule has 0 aromatic heterocycles. The van der Waals surface area contributed by atoms with Crippen LogP contribution in [0.2, 0.25) is 0 Å². The predicted molar refractivity (Wildman–Crippen MR) is 344 cm³/mol. The van der Waals surface area contributed by atoms with Crippen LogP contribution in [0.1, 0.15) is 329 Å². The fourth-order valence-corrected chi connectivity index (χ4v) is 9.44. The van der Waals surface area contributed by atoms with E-state index in [1.54, 1.807) is 0 Å². The lowest BCUT2D eigenvalue weighted by molar-refractivity contribution is -0.167. The molecular formula is C73H126O6. The number of unbranched alkanes of at least 4 members (excludes halogenated alkanes) is 34. The first kappa shape index (κ1) is 75.3. The molecule has 79 heavy (non-hydrogen) atoms. The van der Waals surface area contributed by atoms with E-state index in [9.17, 15) is 14.4 Å². The van der Waals surface area contributed by atoms with Gasteiger partial charge in [0.05, 0.1) is 0 Å². The maximum absolute atomic E-state index is 12.9. The third kappa shape index (κ3) is 65.0. The molecule has 0 spiro atoms. The molecule has 0 bridgehead atoms. The maximum atomic E-state index is 12.9. The number of hydrogen-bond donors (Lipinski definition) is 0. The largest absolute Gasteiger partial charge is 0.462 e. The third-order valence-corrected chi connectivity index (χ3v) is 14.5. The SMILES string of the molecule is CCC/C=C\C/C=C\CCCCCCCC(=O)OCC(COC(=O)CCCCCCCCCCCCCC/C=C\C/C=C\C/C=C\CCCCCCC)OC(=O)CCCCCCCC/C=C\C/C=C\C/C=C\CCCCCCC. The van der Waals surface area contributed by atoms with Crippen molar-refractivity contribution in [3.8, 4) is 0 Å². The van der Waals surface area contributed by atoms with Crippen LogP contribution in [0.15, 0.2) is 97.2 Å². The van der Waals surface area contributed by atoms with E-state index < -0.39 is 6.10 Å². The molecule has 6 heteroatoms. The quantitative estimate of drug-likeness (QED) is 0.0261. The number of hydrogen-bond acceptors (Lipinski definition) is 6. The molecule has 0 N–H and O–H groups in total. The van der Waals surface area contributed by atoms with Gasteiger partial charge in [-0.2, -0.15) is 0 Å². The van der Waals surface area contributed by atoms with Crippen molar-refractivity contribution >= 4 is 17.9 Å². The van der Waals surface area contributed by atoms with Crippen molar-refractivity contribution in [3.05, 3.63) is 97.2 Å². The van der Waals surface area contributed by atoms with Crippen LogP contribution in [0, 0.1) is 0 Å². The van der Waals surface area contributed by atoms with Crippen molar-refractivity contribution in [2.75, 3.05) is 13.2 Å². The molecular weight excluding hydrogens is 973 g/mol. The van der Waals surface area contributed by atoms with Crippen LogP contribution in [-0.4, -0.2) is 37.2 Å². The maximum Gasteiger partial charge on any atom is 0.306 e. The van der Waals surface area contributed by atoms with Crippen molar-refractivity contribution in [2.45, 2.75) is 335 Å². The van der Waals surface area contributed by atoms with Gasteiger partial charge in [0.1, 0.15) is 13.2 Å². The summed E-state index contributed by atoms with van der Waals surface area (Å²) in [6.07, 6.45) is 89.9. The van der Waals surface area contributed by atoms with Gasteiger partial charge in [-0.3, -0.25) is 14.4 Å². The minimum Gasteiger partial charge on any atom is -0.462 e. The van der Waals surface area contributed by atoms with E-state index in [-0.39, 0.29) is 31.1 Å². The molecule has 0 aromatic rings. The first-order chi connectivity index (χ1) is 39.0. The van der Waals surface area contributed by atoms with Crippen molar-refractivity contribution < 1.29 is 28.6 Å². The van der Waals surface area contributed by atoms with Crippen molar-refractivity contribution in [1.82, 2.24) is 0 Å². The van der Waals surface area contributed by atoms with Gasteiger partial charge in [0.25, 0.3) is 0 Å². The highest BCUT2D eigenvalue weighted by molar-refractivity contribution is 5.71. The van der Waals surface area contributed by atoms with Gasteiger partial charge in [-0.1, -0.05) is 285 Å². The van der Waals surface area contributed by atoms with E-state index in [0.717, 1.165) is 128 Å². The Labute approximate surface area is 489 Å². The van der Waals surface area contributed by atoms with E-state index >= 15 is 0 Å². The minimum absolute atomic E-state index is 0.0879. The zero-order valence-electron chi connectivity index (χ0n) is 52.1. The lowest BCUT2D eigenvalue weighted by Gasteiger charge is -2.18. The van der Waals surface area contributed by atoms with E-state index in [2.05, 4.69) is 118 Å². The number of esters is 3. The molecule has 0 fully saturated rings. The summed E-state index contributed by atoms with van der Waals surface area (Å²) in [5.74, 6) is -0.907. The molecule has 6 nitrogen and oxygen atoms in total. The second-order valence-corrected chi connectivity index (χ2v) is 22.4. The topological polar surface area (TPSA) is 78.9 Å². The summed E-state index contributed by atoms with van der Waals surface area (Å²) in [4.78, 5) is 38.4. The van der Waals surface area contributed by atoms with Gasteiger partial charge in [0.15, 0.2) is 6.10 Å². The van der Waals surface area contributed by atoms with Crippen molar-refractivity contribution in [1.29, 1.82) is 0 Å². The number of carbonyl (C=O) groups is 3. The summed E-state index contributed by atoms with van der Waals surface area (Å²) in [7, 11) is 0. The highest BCUT2D eigenvalue weighted by atomic mass is 16.6. The molecule has 0 saturated carbocycles. The Kier molecular flexibility index (Phi) is 63.7. The standard InChI is InChI=1S/C73H126O6/c1-4-7-10-13-16-19-22-25-27-29-31-33-34-35-36-37-38-40-41-43-45-48-51-54-57-60-63-66-72(75)78-69-70(68-77-71(74)65-62-59-56-53-50-47-24-21-18-15-12-9-6-3)79-73(76)67-64-61-58-55-52-49-46-44-42-39-32-30-28-26-23-20-17-14-11-8-5-2/h12,15,21-26,29-32,34-35,42,44,70H,4-11,13-14,16-20,27-28,33,36-41,43,45-69H2,1-3H3/b15-12-,24-21-,25-22-,26-23-,31-29-,32-30-,35-34-,44-42-. The van der Waals surface area contributed by atoms with Gasteiger partial charge in [-0.05, 0) is 122 Å². The first-order valence-corrected chi connectivity index (χ1v) is 33.7. The zero-order chi connectivity index (χ0) is 57.1. The smallest absolute Gasteiger partial charge is 0.306 e. The molecule has 0 heterocycles. The van der Waals surface area contributed by atoms with Crippen LogP contribution in [0.25, 0.3) is 0 Å². The molecule has 0 amide bonds. The van der Waals surface area contributed by atoms with Crippen LogP contribution >= 0.6 is 0 Å². The molecule has 1 unspecified atom stereocenters. The predicted octanol–water partition coefficient (Wildman–Crippen LogP) is 23.2. The monoisotopic (exact) mass is 1100 g/mol.